The van der Waals surface area contributed by atoms with E-state index in [4.69, 9.17) is 4.74 Å². The molecule has 0 bridgehead atoms. The molecule has 1 unspecified atom stereocenters. The zero-order valence-electron chi connectivity index (χ0n) is 21.6. The molecule has 0 saturated carbocycles. The summed E-state index contributed by atoms with van der Waals surface area (Å²) in [6, 6.07) is 10.5. The summed E-state index contributed by atoms with van der Waals surface area (Å²) in [5.41, 5.74) is 3.45. The smallest absolute Gasteiger partial charge is 0.295 e. The number of carbonyl (C=O) groups is 2. The van der Waals surface area contributed by atoms with Gasteiger partial charge in [0, 0.05) is 19.3 Å². The van der Waals surface area contributed by atoms with Gasteiger partial charge in [0.2, 0.25) is 0 Å². The molecule has 1 aliphatic heterocycles. The van der Waals surface area contributed by atoms with Crippen LogP contribution in [0.1, 0.15) is 49.3 Å². The van der Waals surface area contributed by atoms with E-state index in [1.54, 1.807) is 4.90 Å². The first kappa shape index (κ1) is 25.4. The zero-order valence-corrected chi connectivity index (χ0v) is 21.6. The van der Waals surface area contributed by atoms with Crippen molar-refractivity contribution in [3.63, 3.8) is 0 Å². The summed E-state index contributed by atoms with van der Waals surface area (Å²) in [6.45, 7) is 13.0. The maximum absolute atomic E-state index is 13.4. The van der Waals surface area contributed by atoms with Gasteiger partial charge in [0.05, 0.1) is 23.9 Å². The van der Waals surface area contributed by atoms with Crippen LogP contribution >= 0.6 is 0 Å². The van der Waals surface area contributed by atoms with Crippen LogP contribution in [0.25, 0.3) is 11.4 Å². The van der Waals surface area contributed by atoms with Crippen LogP contribution in [-0.2, 0) is 9.59 Å². The molecule has 8 heteroatoms. The lowest BCUT2D eigenvalue weighted by Gasteiger charge is -2.28. The van der Waals surface area contributed by atoms with Crippen molar-refractivity contribution in [1.29, 1.82) is 0 Å². The number of carbonyl (C=O) groups excluding carboxylic acids is 2. The first-order valence-corrected chi connectivity index (χ1v) is 12.5. The Morgan fingerprint density at radius 2 is 1.78 bits per heavy atom. The predicted octanol–water partition coefficient (Wildman–Crippen LogP) is 4.11. The van der Waals surface area contributed by atoms with Crippen molar-refractivity contribution in [1.82, 2.24) is 19.2 Å². The summed E-state index contributed by atoms with van der Waals surface area (Å²) in [6.07, 6.45) is 1.87. The van der Waals surface area contributed by atoms with Crippen molar-refractivity contribution in [2.45, 2.75) is 40.7 Å². The number of rotatable bonds is 9. The number of pyridine rings is 1. The molecule has 2 aromatic heterocycles. The van der Waals surface area contributed by atoms with E-state index >= 15 is 0 Å². The van der Waals surface area contributed by atoms with Gasteiger partial charge in [-0.25, -0.2) is 4.98 Å². The highest BCUT2D eigenvalue weighted by Gasteiger charge is 2.46. The number of aryl methyl sites for hydroxylation is 2. The second-order valence-electron chi connectivity index (χ2n) is 8.95. The molecular formula is C28H34N4O4. The fourth-order valence-electron chi connectivity index (χ4n) is 4.83. The standard InChI is InChI=1S/C28H34N4O4/c1-6-30(7-2)16-17-32-24(20-11-13-21(14-12-20)36-8-3)22(26(34)28(32)35)25(33)23-19(5)31-15-9-10-18(4)27(31)29-23/h9-15,24,33H,6-8,16-17H2,1-5H3. The number of aromatic nitrogens is 2. The van der Waals surface area contributed by atoms with E-state index in [0.29, 0.717) is 42.5 Å². The minimum absolute atomic E-state index is 0.0628. The summed E-state index contributed by atoms with van der Waals surface area (Å²) in [7, 11) is 0. The lowest BCUT2D eigenvalue weighted by molar-refractivity contribution is -0.140. The molecule has 1 saturated heterocycles. The number of imidazole rings is 1. The molecule has 3 aromatic rings. The molecular weight excluding hydrogens is 456 g/mol. The van der Waals surface area contributed by atoms with Gasteiger partial charge in [-0.15, -0.1) is 0 Å². The number of amides is 1. The van der Waals surface area contributed by atoms with Crippen LogP contribution < -0.4 is 4.74 Å². The van der Waals surface area contributed by atoms with E-state index < -0.39 is 17.7 Å². The van der Waals surface area contributed by atoms with Gasteiger partial charge >= 0.3 is 0 Å². The maximum atomic E-state index is 13.4. The molecule has 190 valence electrons. The Morgan fingerprint density at radius 3 is 2.39 bits per heavy atom. The minimum atomic E-state index is -0.721. The van der Waals surface area contributed by atoms with Crippen LogP contribution in [0.3, 0.4) is 0 Å². The summed E-state index contributed by atoms with van der Waals surface area (Å²) in [5, 5.41) is 11.5. The van der Waals surface area contributed by atoms with Gasteiger partial charge in [-0.1, -0.05) is 32.0 Å². The maximum Gasteiger partial charge on any atom is 0.295 e. The van der Waals surface area contributed by atoms with Crippen LogP contribution in [0, 0.1) is 13.8 Å². The van der Waals surface area contributed by atoms with E-state index in [1.807, 2.05) is 67.8 Å². The second kappa shape index (κ2) is 10.5. The number of hydrogen-bond donors (Lipinski definition) is 1. The molecule has 1 amide bonds. The molecule has 1 aromatic carbocycles. The summed E-state index contributed by atoms with van der Waals surface area (Å²) in [5.74, 6) is -0.856. The molecule has 36 heavy (non-hydrogen) atoms. The third-order valence-electron chi connectivity index (χ3n) is 6.91. The topological polar surface area (TPSA) is 87.4 Å². The number of hydrogen-bond acceptors (Lipinski definition) is 6. The molecule has 8 nitrogen and oxygen atoms in total. The minimum Gasteiger partial charge on any atom is -0.505 e. The Kier molecular flexibility index (Phi) is 7.45. The molecule has 3 heterocycles. The largest absolute Gasteiger partial charge is 0.505 e. The molecule has 0 aliphatic carbocycles. The second-order valence-corrected chi connectivity index (χ2v) is 8.95. The Hall–Kier alpha value is -3.65. The van der Waals surface area contributed by atoms with Crippen molar-refractivity contribution in [2.75, 3.05) is 32.8 Å². The number of ether oxygens (including phenoxy) is 1. The van der Waals surface area contributed by atoms with Gasteiger partial charge in [0.25, 0.3) is 11.7 Å². The zero-order chi connectivity index (χ0) is 26.0. The highest BCUT2D eigenvalue weighted by Crippen LogP contribution is 2.40. The number of aliphatic hydroxyl groups excluding tert-OH is 1. The van der Waals surface area contributed by atoms with Crippen molar-refractivity contribution in [3.05, 3.63) is 70.7 Å². The van der Waals surface area contributed by atoms with Crippen LogP contribution in [0.15, 0.2) is 48.2 Å². The summed E-state index contributed by atoms with van der Waals surface area (Å²) in [4.78, 5) is 35.1. The van der Waals surface area contributed by atoms with Crippen molar-refractivity contribution < 1.29 is 19.4 Å². The van der Waals surface area contributed by atoms with E-state index in [-0.39, 0.29) is 11.3 Å². The van der Waals surface area contributed by atoms with Gasteiger partial charge in [-0.2, -0.15) is 0 Å². The van der Waals surface area contributed by atoms with E-state index in [9.17, 15) is 14.7 Å². The molecule has 1 aliphatic rings. The van der Waals surface area contributed by atoms with Crippen molar-refractivity contribution in [2.24, 2.45) is 0 Å². The van der Waals surface area contributed by atoms with Crippen molar-refractivity contribution >= 4 is 23.1 Å². The molecule has 1 fully saturated rings. The number of likely N-dealkylation sites (N-methyl/N-ethyl adjacent to an activating group) is 1. The van der Waals surface area contributed by atoms with Gasteiger partial charge in [0.15, 0.2) is 5.76 Å². The highest BCUT2D eigenvalue weighted by atomic mass is 16.5. The number of nitrogens with zero attached hydrogens (tertiary/aromatic N) is 4. The Labute approximate surface area is 211 Å². The fourth-order valence-corrected chi connectivity index (χ4v) is 4.83. The molecule has 1 N–H and O–H groups in total. The third-order valence-corrected chi connectivity index (χ3v) is 6.91. The quantitative estimate of drug-likeness (QED) is 0.276. The average molecular weight is 491 g/mol. The van der Waals surface area contributed by atoms with Crippen molar-refractivity contribution in [3.8, 4) is 5.75 Å². The number of fused-ring (bicyclic) bond motifs is 1. The van der Waals surface area contributed by atoms with Crippen LogP contribution in [-0.4, -0.2) is 68.8 Å². The highest BCUT2D eigenvalue weighted by molar-refractivity contribution is 6.46. The van der Waals surface area contributed by atoms with Crippen LogP contribution in [0.5, 0.6) is 5.75 Å². The number of likely N-dealkylation sites (tertiary alicyclic amines) is 1. The predicted molar refractivity (Wildman–Crippen MR) is 139 cm³/mol. The Morgan fingerprint density at radius 1 is 1.08 bits per heavy atom. The Balaban J connectivity index is 1.85. The van der Waals surface area contributed by atoms with E-state index in [1.165, 1.54) is 0 Å². The number of benzene rings is 1. The molecule has 0 spiro atoms. The number of ketones is 1. The molecule has 4 rings (SSSR count). The average Bonchev–Trinajstić information content (AvgIpc) is 3.35. The fraction of sp³-hybridized carbons (Fsp3) is 0.393. The van der Waals surface area contributed by atoms with Gasteiger partial charge in [-0.3, -0.25) is 9.59 Å². The lowest BCUT2D eigenvalue weighted by Crippen LogP contribution is -2.38. The summed E-state index contributed by atoms with van der Waals surface area (Å²) < 4.78 is 7.46. The van der Waals surface area contributed by atoms with Crippen LogP contribution in [0.2, 0.25) is 0 Å². The first-order chi connectivity index (χ1) is 17.3. The summed E-state index contributed by atoms with van der Waals surface area (Å²) >= 11 is 0. The SMILES string of the molecule is CCOc1ccc(C2C(=C(O)c3nc4c(C)cccn4c3C)C(=O)C(=O)N2CCN(CC)CC)cc1. The normalized spacial score (nSPS) is 17.5. The first-order valence-electron chi connectivity index (χ1n) is 12.5. The molecule has 1 atom stereocenters. The Bertz CT molecular complexity index is 1310. The number of aliphatic hydroxyl groups is 1. The number of Topliss-reactive ketones (excluding diaryl/α,β-unsaturated/α-hetero) is 1. The third kappa shape index (κ3) is 4.48. The van der Waals surface area contributed by atoms with Crippen LogP contribution in [0.4, 0.5) is 0 Å². The van der Waals surface area contributed by atoms with Gasteiger partial charge < -0.3 is 24.0 Å². The van der Waals surface area contributed by atoms with E-state index in [2.05, 4.69) is 23.7 Å². The van der Waals surface area contributed by atoms with Gasteiger partial charge in [0.1, 0.15) is 17.1 Å². The van der Waals surface area contributed by atoms with Gasteiger partial charge in [-0.05, 0) is 63.2 Å². The lowest BCUT2D eigenvalue weighted by atomic mass is 9.96. The molecule has 0 radical (unpaired) electrons. The monoisotopic (exact) mass is 490 g/mol. The van der Waals surface area contributed by atoms with E-state index in [0.717, 1.165) is 24.2 Å².